The van der Waals surface area contributed by atoms with Crippen molar-refractivity contribution in [2.45, 2.75) is 4.90 Å². The van der Waals surface area contributed by atoms with Crippen LogP contribution in [0.2, 0.25) is 10.0 Å². The predicted molar refractivity (Wildman–Crippen MR) is 110 cm³/mol. The van der Waals surface area contributed by atoms with Crippen LogP contribution in [0.3, 0.4) is 0 Å². The SMILES string of the molecule is O=C(NCCOc1ccc(S(=O)(=O)N2CCOCC2)cc1)c1ccc(Cl)cc1Cl. The smallest absolute Gasteiger partial charge is 0.252 e. The summed E-state index contributed by atoms with van der Waals surface area (Å²) in [5.74, 6) is 0.173. The summed E-state index contributed by atoms with van der Waals surface area (Å²) in [6, 6.07) is 10.8. The van der Waals surface area contributed by atoms with Crippen molar-refractivity contribution < 1.29 is 22.7 Å². The standard InChI is InChI=1S/C19H20Cl2N2O5S/c20-14-1-6-17(18(21)13-14)19(24)22-7-10-28-15-2-4-16(5-3-15)29(25,26)23-8-11-27-12-9-23/h1-6,13H,7-12H2,(H,22,24). The van der Waals surface area contributed by atoms with Crippen molar-refractivity contribution in [3.8, 4) is 5.75 Å². The summed E-state index contributed by atoms with van der Waals surface area (Å²) in [7, 11) is -3.53. The molecule has 1 N–H and O–H groups in total. The molecule has 0 unspecified atom stereocenters. The Morgan fingerprint density at radius 3 is 2.45 bits per heavy atom. The van der Waals surface area contributed by atoms with E-state index in [0.29, 0.717) is 42.6 Å². The number of nitrogens with zero attached hydrogens (tertiary/aromatic N) is 1. The van der Waals surface area contributed by atoms with Crippen molar-refractivity contribution in [3.63, 3.8) is 0 Å². The lowest BCUT2D eigenvalue weighted by Gasteiger charge is -2.26. The first kappa shape index (κ1) is 21.9. The van der Waals surface area contributed by atoms with Crippen LogP contribution < -0.4 is 10.1 Å². The first-order chi connectivity index (χ1) is 13.9. The van der Waals surface area contributed by atoms with Crippen LogP contribution in [0.4, 0.5) is 0 Å². The second-order valence-corrected chi connectivity index (χ2v) is 9.00. The number of morpholine rings is 1. The maximum atomic E-state index is 12.6. The monoisotopic (exact) mass is 458 g/mol. The molecule has 7 nitrogen and oxygen atoms in total. The molecule has 0 spiro atoms. The van der Waals surface area contributed by atoms with Gasteiger partial charge in [0.05, 0.1) is 35.2 Å². The Morgan fingerprint density at radius 1 is 1.10 bits per heavy atom. The number of halogens is 2. The van der Waals surface area contributed by atoms with Crippen LogP contribution in [0, 0.1) is 0 Å². The van der Waals surface area contributed by atoms with Gasteiger partial charge in [0.2, 0.25) is 10.0 Å². The molecule has 0 saturated carbocycles. The zero-order valence-corrected chi connectivity index (χ0v) is 17.8. The van der Waals surface area contributed by atoms with E-state index in [9.17, 15) is 13.2 Å². The molecule has 1 fully saturated rings. The van der Waals surface area contributed by atoms with Crippen LogP contribution in [0.25, 0.3) is 0 Å². The van der Waals surface area contributed by atoms with Crippen molar-refractivity contribution in [3.05, 3.63) is 58.1 Å². The van der Waals surface area contributed by atoms with Gasteiger partial charge in [-0.05, 0) is 42.5 Å². The minimum atomic E-state index is -3.53. The summed E-state index contributed by atoms with van der Waals surface area (Å²) in [5.41, 5.74) is 0.328. The Hall–Kier alpha value is -1.84. The van der Waals surface area contributed by atoms with Crippen molar-refractivity contribution >= 4 is 39.1 Å². The fourth-order valence-electron chi connectivity index (χ4n) is 2.75. The molecule has 3 rings (SSSR count). The van der Waals surface area contributed by atoms with Crippen molar-refractivity contribution in [2.75, 3.05) is 39.5 Å². The van der Waals surface area contributed by atoms with E-state index in [1.807, 2.05) is 0 Å². The van der Waals surface area contributed by atoms with Gasteiger partial charge < -0.3 is 14.8 Å². The lowest BCUT2D eigenvalue weighted by molar-refractivity contribution is 0.0730. The summed E-state index contributed by atoms with van der Waals surface area (Å²) >= 11 is 11.8. The fourth-order valence-corrected chi connectivity index (χ4v) is 4.65. The van der Waals surface area contributed by atoms with E-state index in [4.69, 9.17) is 32.7 Å². The number of ether oxygens (including phenoxy) is 2. The summed E-state index contributed by atoms with van der Waals surface area (Å²) in [6.07, 6.45) is 0. The molecule has 0 atom stereocenters. The molecule has 10 heteroatoms. The molecule has 0 aliphatic carbocycles. The maximum absolute atomic E-state index is 12.6. The van der Waals surface area contributed by atoms with Gasteiger partial charge in [-0.15, -0.1) is 0 Å². The van der Waals surface area contributed by atoms with Crippen LogP contribution in [0.5, 0.6) is 5.75 Å². The number of nitrogens with one attached hydrogen (secondary N) is 1. The largest absolute Gasteiger partial charge is 0.492 e. The van der Waals surface area contributed by atoms with Crippen molar-refractivity contribution in [1.29, 1.82) is 0 Å². The van der Waals surface area contributed by atoms with Gasteiger partial charge in [0.1, 0.15) is 12.4 Å². The molecular weight excluding hydrogens is 439 g/mol. The lowest BCUT2D eigenvalue weighted by atomic mass is 10.2. The molecule has 29 heavy (non-hydrogen) atoms. The number of carbonyl (C=O) groups is 1. The molecule has 0 aromatic heterocycles. The van der Waals surface area contributed by atoms with Crippen LogP contribution in [-0.2, 0) is 14.8 Å². The molecule has 1 heterocycles. The Kier molecular flexibility index (Phi) is 7.37. The number of amides is 1. The van der Waals surface area contributed by atoms with Crippen LogP contribution >= 0.6 is 23.2 Å². The molecule has 1 saturated heterocycles. The van der Waals surface area contributed by atoms with Gasteiger partial charge >= 0.3 is 0 Å². The quantitative estimate of drug-likeness (QED) is 0.644. The number of benzene rings is 2. The first-order valence-corrected chi connectivity index (χ1v) is 11.1. The zero-order chi connectivity index (χ0) is 20.9. The average molecular weight is 459 g/mol. The van der Waals surface area contributed by atoms with Gasteiger partial charge in [-0.3, -0.25) is 4.79 Å². The summed E-state index contributed by atoms with van der Waals surface area (Å²) in [6.45, 7) is 1.95. The second-order valence-electron chi connectivity index (χ2n) is 6.22. The van der Waals surface area contributed by atoms with E-state index in [-0.39, 0.29) is 29.0 Å². The number of hydrogen-bond acceptors (Lipinski definition) is 5. The van der Waals surface area contributed by atoms with Crippen molar-refractivity contribution in [2.24, 2.45) is 0 Å². The zero-order valence-electron chi connectivity index (χ0n) is 15.4. The highest BCUT2D eigenvalue weighted by atomic mass is 35.5. The topological polar surface area (TPSA) is 84.9 Å². The Labute approximate surface area is 179 Å². The summed E-state index contributed by atoms with van der Waals surface area (Å²) in [5, 5.41) is 3.43. The predicted octanol–water partition coefficient (Wildman–Crippen LogP) is 2.82. The normalized spacial score (nSPS) is 15.1. The fraction of sp³-hybridized carbons (Fsp3) is 0.316. The number of hydrogen-bond donors (Lipinski definition) is 1. The molecule has 1 aliphatic heterocycles. The van der Waals surface area contributed by atoms with Crippen LogP contribution in [0.1, 0.15) is 10.4 Å². The molecule has 1 aliphatic rings. The van der Waals surface area contributed by atoms with E-state index in [0.717, 1.165) is 0 Å². The van der Waals surface area contributed by atoms with Gasteiger partial charge in [-0.2, -0.15) is 4.31 Å². The Bertz CT molecular complexity index is 961. The van der Waals surface area contributed by atoms with Gasteiger partial charge in [-0.25, -0.2) is 8.42 Å². The maximum Gasteiger partial charge on any atom is 0.252 e. The van der Waals surface area contributed by atoms with Gasteiger partial charge in [0.25, 0.3) is 5.91 Å². The van der Waals surface area contributed by atoms with Crippen LogP contribution in [-0.4, -0.2) is 58.1 Å². The highest BCUT2D eigenvalue weighted by Gasteiger charge is 2.26. The molecule has 0 radical (unpaired) electrons. The summed E-state index contributed by atoms with van der Waals surface area (Å²) in [4.78, 5) is 12.3. The average Bonchev–Trinajstić information content (AvgIpc) is 2.72. The van der Waals surface area contributed by atoms with E-state index >= 15 is 0 Å². The van der Waals surface area contributed by atoms with E-state index in [2.05, 4.69) is 5.32 Å². The third-order valence-electron chi connectivity index (χ3n) is 4.26. The van der Waals surface area contributed by atoms with E-state index < -0.39 is 10.0 Å². The molecule has 2 aromatic carbocycles. The Morgan fingerprint density at radius 2 is 1.79 bits per heavy atom. The van der Waals surface area contributed by atoms with Gasteiger partial charge in [0, 0.05) is 18.1 Å². The molecule has 0 bridgehead atoms. The highest BCUT2D eigenvalue weighted by molar-refractivity contribution is 7.89. The minimum absolute atomic E-state index is 0.206. The highest BCUT2D eigenvalue weighted by Crippen LogP contribution is 2.21. The number of rotatable bonds is 7. The lowest BCUT2D eigenvalue weighted by Crippen LogP contribution is -2.40. The number of carbonyl (C=O) groups excluding carboxylic acids is 1. The third kappa shape index (κ3) is 5.61. The van der Waals surface area contributed by atoms with E-state index in [1.54, 1.807) is 24.3 Å². The molecule has 1 amide bonds. The third-order valence-corrected chi connectivity index (χ3v) is 6.72. The molecule has 156 valence electrons. The van der Waals surface area contributed by atoms with Crippen LogP contribution in [0.15, 0.2) is 47.4 Å². The molecule has 2 aromatic rings. The number of sulfonamides is 1. The second kappa shape index (κ2) is 9.77. The summed E-state index contributed by atoms with van der Waals surface area (Å²) < 4.78 is 37.3. The minimum Gasteiger partial charge on any atom is -0.492 e. The first-order valence-electron chi connectivity index (χ1n) is 8.92. The van der Waals surface area contributed by atoms with E-state index in [1.165, 1.54) is 22.5 Å². The van der Waals surface area contributed by atoms with Crippen molar-refractivity contribution in [1.82, 2.24) is 9.62 Å². The van der Waals surface area contributed by atoms with Gasteiger partial charge in [-0.1, -0.05) is 23.2 Å². The Balaban J connectivity index is 1.49. The molecular formula is C19H20Cl2N2O5S. The van der Waals surface area contributed by atoms with Gasteiger partial charge in [0.15, 0.2) is 0 Å².